The molecule has 5 heteroatoms. The molecule has 1 aromatic heterocycles. The van der Waals surface area contributed by atoms with Crippen LogP contribution in [0.5, 0.6) is 0 Å². The molecule has 0 aliphatic rings. The lowest BCUT2D eigenvalue weighted by Crippen LogP contribution is -2.27. The van der Waals surface area contributed by atoms with E-state index in [1.807, 2.05) is 6.07 Å². The number of nitrogens with zero attached hydrogens (tertiary/aromatic N) is 2. The van der Waals surface area contributed by atoms with Gasteiger partial charge in [-0.05, 0) is 29.8 Å². The van der Waals surface area contributed by atoms with E-state index < -0.39 is 5.82 Å². The average molecular weight is 279 g/mol. The maximum absolute atomic E-state index is 13.1. The maximum Gasteiger partial charge on any atom is 0.231 e. The Labute approximate surface area is 115 Å². The predicted molar refractivity (Wildman–Crippen MR) is 72.8 cm³/mol. The molecule has 1 amide bonds. The van der Waals surface area contributed by atoms with Crippen molar-refractivity contribution in [1.82, 2.24) is 4.98 Å². The summed E-state index contributed by atoms with van der Waals surface area (Å²) in [6, 6.07) is 7.79. The fourth-order valence-electron chi connectivity index (χ4n) is 1.63. The monoisotopic (exact) mass is 278 g/mol. The average Bonchev–Trinajstić information content (AvgIpc) is 2.42. The number of rotatable bonds is 3. The number of hydrogen-bond donors (Lipinski definition) is 0. The Morgan fingerprint density at radius 1 is 1.42 bits per heavy atom. The highest BCUT2D eigenvalue weighted by Crippen LogP contribution is 2.22. The molecule has 0 aliphatic heterocycles. The zero-order valence-electron chi connectivity index (χ0n) is 10.3. The molecule has 1 aromatic carbocycles. The van der Waals surface area contributed by atoms with Gasteiger partial charge in [0.2, 0.25) is 5.91 Å². The van der Waals surface area contributed by atoms with Gasteiger partial charge < -0.3 is 4.90 Å². The topological polar surface area (TPSA) is 33.2 Å². The number of carbonyl (C=O) groups excluding carboxylic acids is 1. The van der Waals surface area contributed by atoms with Gasteiger partial charge in [-0.3, -0.25) is 9.78 Å². The number of carbonyl (C=O) groups is 1. The van der Waals surface area contributed by atoms with Crippen LogP contribution in [-0.4, -0.2) is 17.9 Å². The third kappa shape index (κ3) is 3.29. The molecule has 2 aromatic rings. The van der Waals surface area contributed by atoms with E-state index in [9.17, 15) is 9.18 Å². The number of halogens is 2. The Morgan fingerprint density at radius 3 is 2.84 bits per heavy atom. The van der Waals surface area contributed by atoms with E-state index in [0.717, 1.165) is 5.56 Å². The number of anilines is 1. The molecular formula is C14H12ClFN2O. The molecule has 3 nitrogen and oxygen atoms in total. The van der Waals surface area contributed by atoms with Gasteiger partial charge in [-0.1, -0.05) is 17.7 Å². The van der Waals surface area contributed by atoms with Gasteiger partial charge in [0.25, 0.3) is 0 Å². The summed E-state index contributed by atoms with van der Waals surface area (Å²) >= 11 is 5.70. The third-order valence-corrected chi connectivity index (χ3v) is 3.03. The fourth-order valence-corrected chi connectivity index (χ4v) is 1.81. The minimum atomic E-state index is -0.501. The predicted octanol–water partition coefficient (Wildman–Crippen LogP) is 3.08. The highest BCUT2D eigenvalue weighted by molar-refractivity contribution is 6.31. The first-order valence-corrected chi connectivity index (χ1v) is 6.06. The van der Waals surface area contributed by atoms with Gasteiger partial charge in [0, 0.05) is 25.1 Å². The molecule has 98 valence electrons. The Bertz CT molecular complexity index is 589. The van der Waals surface area contributed by atoms with Gasteiger partial charge in [0.15, 0.2) is 0 Å². The van der Waals surface area contributed by atoms with Crippen LogP contribution in [0.4, 0.5) is 10.1 Å². The molecule has 0 unspecified atom stereocenters. The van der Waals surface area contributed by atoms with Gasteiger partial charge >= 0.3 is 0 Å². The highest BCUT2D eigenvalue weighted by atomic mass is 35.5. The summed E-state index contributed by atoms with van der Waals surface area (Å²) in [5.74, 6) is -0.616. The minimum Gasteiger partial charge on any atom is -0.315 e. The van der Waals surface area contributed by atoms with Crippen molar-refractivity contribution in [2.45, 2.75) is 6.42 Å². The van der Waals surface area contributed by atoms with Crippen molar-refractivity contribution in [3.05, 3.63) is 59.1 Å². The zero-order valence-corrected chi connectivity index (χ0v) is 11.1. The molecule has 0 fully saturated rings. The first-order chi connectivity index (χ1) is 9.08. The quantitative estimate of drug-likeness (QED) is 0.864. The van der Waals surface area contributed by atoms with Crippen LogP contribution in [0, 0.1) is 5.82 Å². The van der Waals surface area contributed by atoms with Crippen molar-refractivity contribution in [2.75, 3.05) is 11.9 Å². The fraction of sp³-hybridized carbons (Fsp3) is 0.143. The number of pyridine rings is 1. The SMILES string of the molecule is CN(C(=O)Cc1cccnc1)c1ccc(F)c(Cl)c1. The highest BCUT2D eigenvalue weighted by Gasteiger charge is 2.13. The van der Waals surface area contributed by atoms with Gasteiger partial charge in [-0.25, -0.2) is 4.39 Å². The van der Waals surface area contributed by atoms with Crippen molar-refractivity contribution in [3.8, 4) is 0 Å². The summed E-state index contributed by atoms with van der Waals surface area (Å²) in [7, 11) is 1.63. The van der Waals surface area contributed by atoms with Crippen molar-refractivity contribution >= 4 is 23.2 Å². The second-order valence-corrected chi connectivity index (χ2v) is 4.50. The largest absolute Gasteiger partial charge is 0.315 e. The summed E-state index contributed by atoms with van der Waals surface area (Å²) in [5.41, 5.74) is 1.38. The smallest absolute Gasteiger partial charge is 0.231 e. The first-order valence-electron chi connectivity index (χ1n) is 5.68. The number of aromatic nitrogens is 1. The van der Waals surface area contributed by atoms with Crippen molar-refractivity contribution < 1.29 is 9.18 Å². The molecule has 1 heterocycles. The summed E-state index contributed by atoms with van der Waals surface area (Å²) in [6.45, 7) is 0. The van der Waals surface area contributed by atoms with Crippen LogP contribution >= 0.6 is 11.6 Å². The van der Waals surface area contributed by atoms with Crippen molar-refractivity contribution in [3.63, 3.8) is 0 Å². The Hall–Kier alpha value is -1.94. The summed E-state index contributed by atoms with van der Waals surface area (Å²) < 4.78 is 13.1. The first kappa shape index (κ1) is 13.5. The molecule has 0 aliphatic carbocycles. The Morgan fingerprint density at radius 2 is 2.21 bits per heavy atom. The van der Waals surface area contributed by atoms with Crippen LogP contribution in [0.3, 0.4) is 0 Å². The Balaban J connectivity index is 2.12. The second-order valence-electron chi connectivity index (χ2n) is 4.09. The van der Waals surface area contributed by atoms with E-state index in [4.69, 9.17) is 11.6 Å². The summed E-state index contributed by atoms with van der Waals surface area (Å²) in [5, 5.41) is -0.00136. The summed E-state index contributed by atoms with van der Waals surface area (Å²) in [6.07, 6.45) is 3.53. The van der Waals surface area contributed by atoms with Gasteiger partial charge in [0.1, 0.15) is 5.82 Å². The van der Waals surface area contributed by atoms with Gasteiger partial charge in [-0.15, -0.1) is 0 Å². The second kappa shape index (κ2) is 5.80. The van der Waals surface area contributed by atoms with Crippen molar-refractivity contribution in [1.29, 1.82) is 0 Å². The standard InChI is InChI=1S/C14H12ClFN2O/c1-18(11-4-5-13(16)12(15)8-11)14(19)7-10-3-2-6-17-9-10/h2-6,8-9H,7H2,1H3. The Kier molecular flexibility index (Phi) is 4.12. The number of benzene rings is 1. The van der Waals surface area contributed by atoms with Crippen LogP contribution in [0.2, 0.25) is 5.02 Å². The van der Waals surface area contributed by atoms with Gasteiger partial charge in [0.05, 0.1) is 11.4 Å². The molecule has 0 radical (unpaired) electrons. The molecule has 19 heavy (non-hydrogen) atoms. The minimum absolute atomic E-state index is 0.00136. The molecule has 0 saturated carbocycles. The van der Waals surface area contributed by atoms with Crippen LogP contribution < -0.4 is 4.90 Å². The van der Waals surface area contributed by atoms with E-state index in [2.05, 4.69) is 4.98 Å². The van der Waals surface area contributed by atoms with Crippen molar-refractivity contribution in [2.24, 2.45) is 0 Å². The van der Waals surface area contributed by atoms with E-state index in [0.29, 0.717) is 5.69 Å². The molecule has 0 N–H and O–H groups in total. The van der Waals surface area contributed by atoms with E-state index in [-0.39, 0.29) is 17.4 Å². The lowest BCUT2D eigenvalue weighted by molar-refractivity contribution is -0.117. The van der Waals surface area contributed by atoms with E-state index >= 15 is 0 Å². The number of amides is 1. The maximum atomic E-state index is 13.1. The van der Waals surface area contributed by atoms with E-state index in [1.165, 1.54) is 23.1 Å². The molecule has 0 saturated heterocycles. The lowest BCUT2D eigenvalue weighted by atomic mass is 10.2. The molecule has 2 rings (SSSR count). The molecule has 0 bridgehead atoms. The zero-order chi connectivity index (χ0) is 13.8. The molecule has 0 atom stereocenters. The van der Waals surface area contributed by atoms with E-state index in [1.54, 1.807) is 25.5 Å². The van der Waals surface area contributed by atoms with Crippen LogP contribution in [-0.2, 0) is 11.2 Å². The lowest BCUT2D eigenvalue weighted by Gasteiger charge is -2.17. The molecular weight excluding hydrogens is 267 g/mol. The number of hydrogen-bond acceptors (Lipinski definition) is 2. The van der Waals surface area contributed by atoms with Crippen LogP contribution in [0.1, 0.15) is 5.56 Å². The normalized spacial score (nSPS) is 10.3. The van der Waals surface area contributed by atoms with Crippen LogP contribution in [0.25, 0.3) is 0 Å². The number of likely N-dealkylation sites (N-methyl/N-ethyl adjacent to an activating group) is 1. The molecule has 0 spiro atoms. The van der Waals surface area contributed by atoms with Gasteiger partial charge in [-0.2, -0.15) is 0 Å². The van der Waals surface area contributed by atoms with Crippen LogP contribution in [0.15, 0.2) is 42.7 Å². The third-order valence-electron chi connectivity index (χ3n) is 2.74. The summed E-state index contributed by atoms with van der Waals surface area (Å²) in [4.78, 5) is 17.5.